The summed E-state index contributed by atoms with van der Waals surface area (Å²) in [5.41, 5.74) is 0.391. The molecule has 1 atom stereocenters. The van der Waals surface area contributed by atoms with Crippen LogP contribution >= 0.6 is 0 Å². The van der Waals surface area contributed by atoms with E-state index in [9.17, 15) is 14.0 Å². The molecule has 2 rings (SSSR count). The molecule has 5 nitrogen and oxygen atoms in total. The summed E-state index contributed by atoms with van der Waals surface area (Å²) in [6, 6.07) is 14.5. The molecule has 2 N–H and O–H groups in total. The van der Waals surface area contributed by atoms with Crippen molar-refractivity contribution in [1.82, 2.24) is 10.6 Å². The number of carbonyl (C=O) groups is 2. The molecule has 138 valence electrons. The molecule has 0 spiro atoms. The van der Waals surface area contributed by atoms with Gasteiger partial charge in [0.1, 0.15) is 17.6 Å². The largest absolute Gasteiger partial charge is 0.484 e. The molecule has 0 aliphatic heterocycles. The van der Waals surface area contributed by atoms with Crippen molar-refractivity contribution in [3.63, 3.8) is 0 Å². The highest BCUT2D eigenvalue weighted by molar-refractivity contribution is 5.88. The Bertz CT molecular complexity index is 735. The molecule has 0 unspecified atom stereocenters. The first-order chi connectivity index (χ1) is 12.5. The average Bonchev–Trinajstić information content (AvgIpc) is 2.64. The van der Waals surface area contributed by atoms with Crippen LogP contribution in [0.1, 0.15) is 19.4 Å². The van der Waals surface area contributed by atoms with E-state index in [0.717, 1.165) is 0 Å². The van der Waals surface area contributed by atoms with Crippen LogP contribution in [-0.4, -0.2) is 24.5 Å². The minimum atomic E-state index is -0.728. The maximum absolute atomic E-state index is 13.6. The standard InChI is InChI=1S/C20H23FN2O3/c1-14(2)19(20(25)22-12-15-8-6-7-11-17(15)21)23-18(24)13-26-16-9-4-3-5-10-16/h3-11,14,19H,12-13H2,1-2H3,(H,22,25)(H,23,24)/t19-/m1/s1. The van der Waals surface area contributed by atoms with E-state index in [1.807, 2.05) is 19.9 Å². The van der Waals surface area contributed by atoms with Crippen molar-refractivity contribution in [2.45, 2.75) is 26.4 Å². The molecule has 26 heavy (non-hydrogen) atoms. The van der Waals surface area contributed by atoms with Gasteiger partial charge in [-0.2, -0.15) is 0 Å². The zero-order valence-corrected chi connectivity index (χ0v) is 14.9. The second-order valence-corrected chi connectivity index (χ2v) is 6.20. The molecule has 2 aromatic carbocycles. The summed E-state index contributed by atoms with van der Waals surface area (Å²) in [5.74, 6) is -0.692. The fraction of sp³-hybridized carbons (Fsp3) is 0.300. The van der Waals surface area contributed by atoms with E-state index in [0.29, 0.717) is 11.3 Å². The highest BCUT2D eigenvalue weighted by atomic mass is 19.1. The highest BCUT2D eigenvalue weighted by Crippen LogP contribution is 2.09. The number of rotatable bonds is 8. The van der Waals surface area contributed by atoms with Gasteiger partial charge in [0.15, 0.2) is 6.61 Å². The number of benzene rings is 2. The number of hydrogen-bond donors (Lipinski definition) is 2. The Labute approximate surface area is 152 Å². The van der Waals surface area contributed by atoms with E-state index in [4.69, 9.17) is 4.74 Å². The monoisotopic (exact) mass is 358 g/mol. The van der Waals surface area contributed by atoms with Crippen molar-refractivity contribution >= 4 is 11.8 Å². The zero-order chi connectivity index (χ0) is 18.9. The Morgan fingerprint density at radius 3 is 2.35 bits per heavy atom. The molecular formula is C20H23FN2O3. The first-order valence-electron chi connectivity index (χ1n) is 8.45. The lowest BCUT2D eigenvalue weighted by Gasteiger charge is -2.22. The van der Waals surface area contributed by atoms with E-state index in [1.54, 1.807) is 42.5 Å². The summed E-state index contributed by atoms with van der Waals surface area (Å²) >= 11 is 0. The van der Waals surface area contributed by atoms with Crippen molar-refractivity contribution in [2.75, 3.05) is 6.61 Å². The summed E-state index contributed by atoms with van der Waals surface area (Å²) in [4.78, 5) is 24.5. The lowest BCUT2D eigenvalue weighted by molar-refractivity contribution is -0.131. The summed E-state index contributed by atoms with van der Waals surface area (Å²) in [6.07, 6.45) is 0. The molecule has 0 bridgehead atoms. The van der Waals surface area contributed by atoms with E-state index in [2.05, 4.69) is 10.6 Å². The third-order valence-electron chi connectivity index (χ3n) is 3.79. The molecule has 0 aromatic heterocycles. The third kappa shape index (κ3) is 5.88. The molecule has 0 saturated carbocycles. The van der Waals surface area contributed by atoms with Crippen molar-refractivity contribution in [3.8, 4) is 5.75 Å². The SMILES string of the molecule is CC(C)[C@@H](NC(=O)COc1ccccc1)C(=O)NCc1ccccc1F. The number of nitrogens with one attached hydrogen (secondary N) is 2. The second kappa shape index (κ2) is 9.56. The Hall–Kier alpha value is -2.89. The molecule has 0 saturated heterocycles. The van der Waals surface area contributed by atoms with Crippen LogP contribution in [0.5, 0.6) is 5.75 Å². The molecule has 0 aliphatic rings. The van der Waals surface area contributed by atoms with Crippen LogP contribution in [0.25, 0.3) is 0 Å². The maximum Gasteiger partial charge on any atom is 0.258 e. The van der Waals surface area contributed by atoms with Gasteiger partial charge in [0.05, 0.1) is 0 Å². The number of ether oxygens (including phenoxy) is 1. The van der Waals surface area contributed by atoms with Crippen LogP contribution in [0.2, 0.25) is 0 Å². The average molecular weight is 358 g/mol. The van der Waals surface area contributed by atoms with E-state index in [-0.39, 0.29) is 30.8 Å². The summed E-state index contributed by atoms with van der Waals surface area (Å²) < 4.78 is 19.0. The molecular weight excluding hydrogens is 335 g/mol. The van der Waals surface area contributed by atoms with Gasteiger partial charge in [0.2, 0.25) is 5.91 Å². The zero-order valence-electron chi connectivity index (χ0n) is 14.9. The Balaban J connectivity index is 1.87. The normalized spacial score (nSPS) is 11.7. The van der Waals surface area contributed by atoms with Crippen molar-refractivity contribution in [1.29, 1.82) is 0 Å². The number of amides is 2. The number of hydrogen-bond acceptors (Lipinski definition) is 3. The molecule has 0 heterocycles. The molecule has 2 amide bonds. The molecule has 0 fully saturated rings. The number of para-hydroxylation sites is 1. The lowest BCUT2D eigenvalue weighted by atomic mass is 10.0. The van der Waals surface area contributed by atoms with Gasteiger partial charge in [0, 0.05) is 12.1 Å². The first kappa shape index (κ1) is 19.4. The minimum Gasteiger partial charge on any atom is -0.484 e. The highest BCUT2D eigenvalue weighted by Gasteiger charge is 2.24. The Kier molecular flexibility index (Phi) is 7.14. The van der Waals surface area contributed by atoms with Crippen LogP contribution in [0.15, 0.2) is 54.6 Å². The second-order valence-electron chi connectivity index (χ2n) is 6.20. The van der Waals surface area contributed by atoms with Crippen molar-refractivity contribution in [2.24, 2.45) is 5.92 Å². The van der Waals surface area contributed by atoms with Gasteiger partial charge in [-0.15, -0.1) is 0 Å². The van der Waals surface area contributed by atoms with Gasteiger partial charge in [-0.05, 0) is 24.1 Å². The van der Waals surface area contributed by atoms with Gasteiger partial charge < -0.3 is 15.4 Å². The first-order valence-corrected chi connectivity index (χ1v) is 8.45. The maximum atomic E-state index is 13.6. The van der Waals surface area contributed by atoms with Crippen LogP contribution in [-0.2, 0) is 16.1 Å². The van der Waals surface area contributed by atoms with Gasteiger partial charge >= 0.3 is 0 Å². The van der Waals surface area contributed by atoms with Gasteiger partial charge in [0.25, 0.3) is 5.91 Å². The van der Waals surface area contributed by atoms with E-state index >= 15 is 0 Å². The number of halogens is 1. The molecule has 0 radical (unpaired) electrons. The van der Waals surface area contributed by atoms with Crippen molar-refractivity contribution in [3.05, 3.63) is 66.0 Å². The van der Waals surface area contributed by atoms with Crippen LogP contribution < -0.4 is 15.4 Å². The van der Waals surface area contributed by atoms with Crippen LogP contribution in [0.4, 0.5) is 4.39 Å². The molecule has 2 aromatic rings. The predicted octanol–water partition coefficient (Wildman–Crippen LogP) is 2.66. The summed E-state index contributed by atoms with van der Waals surface area (Å²) in [7, 11) is 0. The van der Waals surface area contributed by atoms with E-state index < -0.39 is 11.9 Å². The lowest BCUT2D eigenvalue weighted by Crippen LogP contribution is -2.50. The fourth-order valence-corrected chi connectivity index (χ4v) is 2.35. The van der Waals surface area contributed by atoms with Gasteiger partial charge in [-0.25, -0.2) is 4.39 Å². The topological polar surface area (TPSA) is 67.4 Å². The third-order valence-corrected chi connectivity index (χ3v) is 3.79. The Morgan fingerprint density at radius 2 is 1.69 bits per heavy atom. The van der Waals surface area contributed by atoms with Crippen LogP contribution in [0.3, 0.4) is 0 Å². The van der Waals surface area contributed by atoms with Gasteiger partial charge in [-0.3, -0.25) is 9.59 Å². The predicted molar refractivity (Wildman–Crippen MR) is 97.0 cm³/mol. The molecule has 6 heteroatoms. The quantitative estimate of drug-likeness (QED) is 0.762. The Morgan fingerprint density at radius 1 is 1.04 bits per heavy atom. The van der Waals surface area contributed by atoms with Crippen LogP contribution in [0, 0.1) is 11.7 Å². The summed E-state index contributed by atoms with van der Waals surface area (Å²) in [5, 5.41) is 5.33. The fourth-order valence-electron chi connectivity index (χ4n) is 2.35. The summed E-state index contributed by atoms with van der Waals surface area (Å²) in [6.45, 7) is 3.52. The van der Waals surface area contributed by atoms with Crippen molar-refractivity contribution < 1.29 is 18.7 Å². The van der Waals surface area contributed by atoms with Gasteiger partial charge in [-0.1, -0.05) is 50.2 Å². The minimum absolute atomic E-state index is 0.0606. The van der Waals surface area contributed by atoms with E-state index in [1.165, 1.54) is 6.07 Å². The smallest absolute Gasteiger partial charge is 0.258 e. The number of carbonyl (C=O) groups excluding carboxylic acids is 2. The molecule has 0 aliphatic carbocycles.